The number of hydrogen-bond donors (Lipinski definition) is 0. The Bertz CT molecular complexity index is 1770. The molecule has 39 heteroatoms. The van der Waals surface area contributed by atoms with E-state index in [0.29, 0.717) is 0 Å². The van der Waals surface area contributed by atoms with Crippen LogP contribution in [0.15, 0.2) is 0 Å². The number of rotatable bonds is 38. The Morgan fingerprint density at radius 1 is 0.158 bits per heavy atom. The van der Waals surface area contributed by atoms with Crippen molar-refractivity contribution in [3.05, 3.63) is 0 Å². The summed E-state index contributed by atoms with van der Waals surface area (Å²) in [6.07, 6.45) is 0. The van der Waals surface area contributed by atoms with Gasteiger partial charge < -0.3 is 78.2 Å². The van der Waals surface area contributed by atoms with Gasteiger partial charge in [-0.2, -0.15) is 0 Å². The van der Waals surface area contributed by atoms with Gasteiger partial charge in [-0.05, 0) is 242 Å². The topological polar surface area (TPSA) is 175 Å². The third-order valence-corrected chi connectivity index (χ3v) is 80.6. The molecule has 0 N–H and O–H groups in total. The first-order valence-corrected chi connectivity index (χ1v) is 80.9. The largest absolute Gasteiger partial charge is 0.439 e. The van der Waals surface area contributed by atoms with Crippen molar-refractivity contribution in [2.75, 3.05) is 0 Å². The van der Waals surface area contributed by atoms with E-state index in [1.165, 1.54) is 0 Å². The van der Waals surface area contributed by atoms with Gasteiger partial charge in [-0.25, -0.2) is 0 Å². The summed E-state index contributed by atoms with van der Waals surface area (Å²) in [4.78, 5) is 0. The van der Waals surface area contributed by atoms with Crippen LogP contribution in [-0.2, 0) is 78.2 Å². The van der Waals surface area contributed by atoms with Crippen LogP contribution in [0.3, 0.4) is 0 Å². The van der Waals surface area contributed by atoms with Crippen LogP contribution in [0.1, 0.15) is 0 Å². The summed E-state index contributed by atoms with van der Waals surface area (Å²) in [5.41, 5.74) is 0. The minimum atomic E-state index is -2.83. The average molecular weight is 1430 g/mol. The highest BCUT2D eigenvalue weighted by Crippen LogP contribution is 2.33. The molecule has 0 aliphatic rings. The molecule has 0 aromatic heterocycles. The minimum absolute atomic E-state index is 1.65. The lowest BCUT2D eigenvalue weighted by atomic mass is 11.8. The quantitative estimate of drug-likeness (QED) is 0.0533. The molecule has 458 valence electrons. The molecule has 0 radical (unpaired) electrons. The summed E-state index contributed by atoms with van der Waals surface area (Å²) >= 11 is 0. The first-order chi connectivity index (χ1) is 32.9. The Morgan fingerprint density at radius 2 is 0.303 bits per heavy atom. The van der Waals surface area contributed by atoms with E-state index in [9.17, 15) is 0 Å². The summed E-state index contributed by atoms with van der Waals surface area (Å²) < 4.78 is 127. The lowest BCUT2D eigenvalue weighted by Gasteiger charge is -2.45. The highest BCUT2D eigenvalue weighted by atomic mass is 28.5. The maximum atomic E-state index is 6.91. The Labute approximate surface area is 490 Å². The SMILES string of the molecule is C[SiH](O[SiH](C)O[SiH](C)O[Si](C)(C)C)O[SiH](C)O[SiH](C)O[Si](C)(C)O[Si](C)(C)O[Si](C)(C)O[Si](C)(C)O[Si](C)(C)O[Si](C)(C)O[Si](C)(C)O[Si](C)(C)O[Si](C)(C)O[Si](C)(C)O[Si](C)(C)O[Si](C)(C)O[Si](C)(C)O[Si](C)(C)C. The molecule has 76 heavy (non-hydrogen) atoms. The van der Waals surface area contributed by atoms with Gasteiger partial charge >= 0.3 is 111 Å². The van der Waals surface area contributed by atoms with Crippen LogP contribution in [0.5, 0.6) is 0 Å². The van der Waals surface area contributed by atoms with Gasteiger partial charge in [0.15, 0.2) is 16.6 Å². The average Bonchev–Trinajstić information content (AvgIpc) is 2.93. The third-order valence-electron chi connectivity index (χ3n) is 8.95. The van der Waals surface area contributed by atoms with Gasteiger partial charge in [-0.15, -0.1) is 0 Å². The normalized spacial score (nSPS) is 17.5. The van der Waals surface area contributed by atoms with Crippen LogP contribution in [0.2, 0.25) is 242 Å². The van der Waals surface area contributed by atoms with Crippen LogP contribution < -0.4 is 0 Å². The smallest absolute Gasteiger partial charge is 0.314 e. The van der Waals surface area contributed by atoms with E-state index >= 15 is 0 Å². The molecule has 0 bridgehead atoms. The van der Waals surface area contributed by atoms with Gasteiger partial charge in [0, 0.05) is 0 Å². The van der Waals surface area contributed by atoms with Gasteiger partial charge in [0.25, 0.3) is 46.4 Å². The molecule has 19 nitrogen and oxygen atoms in total. The summed E-state index contributed by atoms with van der Waals surface area (Å²) in [5.74, 6) is 0. The minimum Gasteiger partial charge on any atom is -0.439 e. The second-order valence-corrected chi connectivity index (χ2v) is 94.7. The zero-order valence-corrected chi connectivity index (χ0v) is 75.9. The van der Waals surface area contributed by atoms with Gasteiger partial charge in [0.2, 0.25) is 0 Å². The molecule has 0 aromatic rings. The van der Waals surface area contributed by atoms with Gasteiger partial charge in [0.1, 0.15) is 0 Å². The first kappa shape index (κ1) is 79.6. The Hall–Kier alpha value is 3.58. The molecule has 0 fully saturated rings. The maximum absolute atomic E-state index is 6.91. The molecule has 0 aromatic carbocycles. The molecule has 5 unspecified atom stereocenters. The molecule has 0 rings (SSSR count). The molecule has 5 atom stereocenters. The monoisotopic (exact) mass is 1420 g/mol. The van der Waals surface area contributed by atoms with Crippen molar-refractivity contribution in [3.63, 3.8) is 0 Å². The third kappa shape index (κ3) is 39.3. The van der Waals surface area contributed by atoms with Gasteiger partial charge in [-0.3, -0.25) is 0 Å². The van der Waals surface area contributed by atoms with Gasteiger partial charge in [-0.1, -0.05) is 0 Å². The maximum Gasteiger partial charge on any atom is 0.314 e. The van der Waals surface area contributed by atoms with Crippen molar-refractivity contribution in [2.45, 2.75) is 242 Å². The van der Waals surface area contributed by atoms with Crippen molar-refractivity contribution in [1.82, 2.24) is 0 Å². The second kappa shape index (κ2) is 29.1. The second-order valence-electron chi connectivity index (χ2n) is 27.4. The fourth-order valence-electron chi connectivity index (χ4n) is 10.2. The molecule has 0 saturated carbocycles. The molecular formula is C37H116O19Si20. The van der Waals surface area contributed by atoms with Crippen LogP contribution in [0, 0.1) is 0 Å². The van der Waals surface area contributed by atoms with Gasteiger partial charge in [0.05, 0.1) is 0 Å². The zero-order valence-electron chi connectivity index (χ0n) is 55.1. The van der Waals surface area contributed by atoms with Crippen molar-refractivity contribution in [3.8, 4) is 0 Å². The van der Waals surface area contributed by atoms with Crippen LogP contribution in [0.25, 0.3) is 0 Å². The lowest BCUT2D eigenvalue weighted by molar-refractivity contribution is 0.251. The highest BCUT2D eigenvalue weighted by molar-refractivity contribution is 6.95. The molecule has 0 aliphatic heterocycles. The summed E-state index contributed by atoms with van der Waals surface area (Å²) in [6.45, 7) is 77.0. The highest BCUT2D eigenvalue weighted by Gasteiger charge is 2.53. The Morgan fingerprint density at radius 3 is 0.474 bits per heavy atom. The fourth-order valence-corrected chi connectivity index (χ4v) is 99.9. The van der Waals surface area contributed by atoms with E-state index in [4.69, 9.17) is 78.2 Å². The molecule has 0 amide bonds. The lowest BCUT2D eigenvalue weighted by Crippen LogP contribution is -2.63. The molecule has 0 aliphatic carbocycles. The predicted molar refractivity (Wildman–Crippen MR) is 360 cm³/mol. The molecule has 0 saturated heterocycles. The van der Waals surface area contributed by atoms with Crippen molar-refractivity contribution >= 4 is 174 Å². The summed E-state index contributed by atoms with van der Waals surface area (Å²) in [7, 11) is -48.7. The van der Waals surface area contributed by atoms with Crippen LogP contribution in [-0.4, -0.2) is 174 Å². The molecule has 0 heterocycles. The molecule has 0 spiro atoms. The van der Waals surface area contributed by atoms with Crippen LogP contribution >= 0.6 is 0 Å². The van der Waals surface area contributed by atoms with E-state index in [1.54, 1.807) is 0 Å². The predicted octanol–water partition coefficient (Wildman–Crippen LogP) is 11.3. The van der Waals surface area contributed by atoms with Crippen LogP contribution in [0.4, 0.5) is 0 Å². The van der Waals surface area contributed by atoms with E-state index in [1.807, 2.05) is 26.2 Å². The van der Waals surface area contributed by atoms with Crippen molar-refractivity contribution in [1.29, 1.82) is 0 Å². The van der Waals surface area contributed by atoms with E-state index in [2.05, 4.69) is 216 Å². The first-order valence-electron chi connectivity index (χ1n) is 27.0. The van der Waals surface area contributed by atoms with E-state index in [-0.39, 0.29) is 0 Å². The van der Waals surface area contributed by atoms with Crippen molar-refractivity contribution in [2.24, 2.45) is 0 Å². The standard InChI is InChI=1S/C37H116O19Si20/c1-57(38-58(2)40-60(4)42-62(6,7)8)39-59(3)41-61(5)43-64(12,13)45-66(16,17)47-68(20,21)49-70(24,25)51-72(28,29)53-74(32,33)55-76(36,37)56-75(34,35)54-73(30,31)52-71(26,27)50-69(22,23)48-67(18,19)46-65(14,15)44-63(9,10)11/h57-61H,1-37H3. The van der Waals surface area contributed by atoms with E-state index in [0.717, 1.165) is 0 Å². The Kier molecular flexibility index (Phi) is 30.4. The molecular weight excluding hydrogens is 1310 g/mol. The summed E-state index contributed by atoms with van der Waals surface area (Å²) in [6, 6.07) is 0. The Balaban J connectivity index is 5.57. The zero-order chi connectivity index (χ0) is 60.8. The number of hydrogen-bond acceptors (Lipinski definition) is 19. The fraction of sp³-hybridized carbons (Fsp3) is 1.00. The van der Waals surface area contributed by atoms with Crippen molar-refractivity contribution < 1.29 is 78.2 Å². The summed E-state index contributed by atoms with van der Waals surface area (Å²) in [5, 5.41) is 0. The van der Waals surface area contributed by atoms with E-state index < -0.39 is 174 Å².